The quantitative estimate of drug-likeness (QED) is 0.286. The van der Waals surface area contributed by atoms with Crippen molar-refractivity contribution in [2.24, 2.45) is 0 Å². The van der Waals surface area contributed by atoms with Crippen molar-refractivity contribution < 1.29 is 13.6 Å². The Hall–Kier alpha value is -4.92. The Balaban J connectivity index is 1.53. The molecule has 2 amide bonds. The van der Waals surface area contributed by atoms with E-state index in [0.717, 1.165) is 57.9 Å². The molecular formula is C31H28F2N6O. The van der Waals surface area contributed by atoms with Crippen LogP contribution in [0.3, 0.4) is 0 Å². The van der Waals surface area contributed by atoms with Gasteiger partial charge in [-0.3, -0.25) is 0 Å². The van der Waals surface area contributed by atoms with Gasteiger partial charge in [-0.25, -0.2) is 18.3 Å². The predicted molar refractivity (Wildman–Crippen MR) is 151 cm³/mol. The molecule has 9 heteroatoms. The standard InChI is InChI=1S/C31H28F2N6O/c1-20-25-19-38(31(40)34-27-18-22(32)13-16-26(27)33)29(21-11-14-23(15-12-21)36(2)3)28-10-7-17-37(28)30(25)39(35-20)24-8-5-4-6-9-24/h4-18,29H,19H2,1-3H3,(H,34,40)/t29-/m0/s1. The Morgan fingerprint density at radius 3 is 2.45 bits per heavy atom. The van der Waals surface area contributed by atoms with Gasteiger partial charge in [-0.05, 0) is 61.0 Å². The Morgan fingerprint density at radius 1 is 0.975 bits per heavy atom. The lowest BCUT2D eigenvalue weighted by Crippen LogP contribution is -2.38. The van der Waals surface area contributed by atoms with Crippen LogP contribution in [0.25, 0.3) is 11.5 Å². The number of anilines is 2. The first kappa shape index (κ1) is 25.4. The van der Waals surface area contributed by atoms with Crippen molar-refractivity contribution in [2.45, 2.75) is 19.5 Å². The summed E-state index contributed by atoms with van der Waals surface area (Å²) in [6, 6.07) is 23.6. The van der Waals surface area contributed by atoms with Gasteiger partial charge < -0.3 is 19.7 Å². The van der Waals surface area contributed by atoms with Gasteiger partial charge in [0.15, 0.2) is 0 Å². The second-order valence-electron chi connectivity index (χ2n) is 10.0. The van der Waals surface area contributed by atoms with E-state index < -0.39 is 23.7 Å². The average Bonchev–Trinajstić information content (AvgIpc) is 3.51. The minimum atomic E-state index is -0.714. The molecule has 1 N–H and O–H groups in total. The molecule has 1 atom stereocenters. The van der Waals surface area contributed by atoms with E-state index in [1.807, 2.05) is 104 Å². The molecule has 40 heavy (non-hydrogen) atoms. The lowest BCUT2D eigenvalue weighted by molar-refractivity contribution is 0.194. The van der Waals surface area contributed by atoms with Crippen LogP contribution in [0.5, 0.6) is 0 Å². The third kappa shape index (κ3) is 4.39. The number of benzene rings is 3. The van der Waals surface area contributed by atoms with Gasteiger partial charge in [0.1, 0.15) is 17.5 Å². The van der Waals surface area contributed by atoms with E-state index in [0.29, 0.717) is 0 Å². The minimum Gasteiger partial charge on any atom is -0.378 e. The molecule has 0 fully saturated rings. The van der Waals surface area contributed by atoms with Crippen LogP contribution >= 0.6 is 0 Å². The molecule has 0 radical (unpaired) electrons. The average molecular weight is 539 g/mol. The monoisotopic (exact) mass is 538 g/mol. The SMILES string of the molecule is Cc1nn(-c2ccccc2)c2c1CN(C(=O)Nc1cc(F)ccc1F)[C@@H](c1ccc(N(C)C)cc1)c1cccn1-2. The van der Waals surface area contributed by atoms with Gasteiger partial charge in [-0.1, -0.05) is 30.3 Å². The number of nitrogens with zero attached hydrogens (tertiary/aromatic N) is 5. The van der Waals surface area contributed by atoms with Crippen molar-refractivity contribution in [1.82, 2.24) is 19.2 Å². The fourth-order valence-electron chi connectivity index (χ4n) is 5.24. The topological polar surface area (TPSA) is 58.3 Å². The van der Waals surface area contributed by atoms with Crippen LogP contribution in [-0.4, -0.2) is 39.4 Å². The summed E-state index contributed by atoms with van der Waals surface area (Å²) in [4.78, 5) is 17.6. The molecule has 1 aliphatic rings. The molecule has 0 spiro atoms. The number of urea groups is 1. The molecule has 2 aromatic heterocycles. The molecule has 7 nitrogen and oxygen atoms in total. The van der Waals surface area contributed by atoms with Gasteiger partial charge in [-0.15, -0.1) is 0 Å². The van der Waals surface area contributed by atoms with E-state index in [1.165, 1.54) is 0 Å². The molecule has 6 rings (SSSR count). The largest absolute Gasteiger partial charge is 0.378 e. The highest BCUT2D eigenvalue weighted by Crippen LogP contribution is 2.39. The number of carbonyl (C=O) groups excluding carboxylic acids is 1. The van der Waals surface area contributed by atoms with Gasteiger partial charge in [0, 0.05) is 37.6 Å². The molecule has 3 heterocycles. The Morgan fingerprint density at radius 2 is 1.73 bits per heavy atom. The van der Waals surface area contributed by atoms with Gasteiger partial charge >= 0.3 is 6.03 Å². The first-order valence-electron chi connectivity index (χ1n) is 12.9. The normalized spacial score (nSPS) is 14.3. The van der Waals surface area contributed by atoms with Gasteiger partial charge in [0.05, 0.1) is 35.3 Å². The zero-order chi connectivity index (χ0) is 28.0. The van der Waals surface area contributed by atoms with Crippen LogP contribution in [0, 0.1) is 18.6 Å². The zero-order valence-electron chi connectivity index (χ0n) is 22.3. The van der Waals surface area contributed by atoms with E-state index in [4.69, 9.17) is 5.10 Å². The van der Waals surface area contributed by atoms with E-state index in [1.54, 1.807) is 4.90 Å². The summed E-state index contributed by atoms with van der Waals surface area (Å²) in [5.41, 5.74) is 5.01. The molecule has 0 aliphatic carbocycles. The number of aryl methyl sites for hydroxylation is 1. The summed E-state index contributed by atoms with van der Waals surface area (Å²) in [6.45, 7) is 2.11. The molecule has 5 aromatic rings. The maximum Gasteiger partial charge on any atom is 0.323 e. The van der Waals surface area contributed by atoms with Crippen molar-refractivity contribution in [2.75, 3.05) is 24.3 Å². The highest BCUT2D eigenvalue weighted by Gasteiger charge is 2.36. The smallest absolute Gasteiger partial charge is 0.323 e. The summed E-state index contributed by atoms with van der Waals surface area (Å²) in [6.07, 6.45) is 1.96. The molecule has 202 valence electrons. The number of halogens is 2. The van der Waals surface area contributed by atoms with Crippen molar-refractivity contribution in [3.8, 4) is 11.5 Å². The van der Waals surface area contributed by atoms with E-state index in [-0.39, 0.29) is 12.2 Å². The predicted octanol–water partition coefficient (Wildman–Crippen LogP) is 6.45. The van der Waals surface area contributed by atoms with Crippen LogP contribution in [-0.2, 0) is 6.54 Å². The highest BCUT2D eigenvalue weighted by atomic mass is 19.1. The molecule has 3 aromatic carbocycles. The molecule has 1 aliphatic heterocycles. The maximum atomic E-state index is 14.6. The maximum absolute atomic E-state index is 14.6. The Labute approximate surface area is 230 Å². The number of carbonyl (C=O) groups is 1. The molecule has 0 saturated carbocycles. The lowest BCUT2D eigenvalue weighted by Gasteiger charge is -2.31. The fraction of sp³-hybridized carbons (Fsp3) is 0.161. The first-order valence-corrected chi connectivity index (χ1v) is 12.9. The summed E-state index contributed by atoms with van der Waals surface area (Å²) < 4.78 is 32.5. The molecule has 0 saturated heterocycles. The lowest BCUT2D eigenvalue weighted by atomic mass is 10.0. The number of fused-ring (bicyclic) bond motifs is 3. The minimum absolute atomic E-state index is 0.193. The van der Waals surface area contributed by atoms with E-state index in [2.05, 4.69) is 9.88 Å². The van der Waals surface area contributed by atoms with Gasteiger partial charge in [-0.2, -0.15) is 5.10 Å². The summed E-state index contributed by atoms with van der Waals surface area (Å²) in [5.74, 6) is -0.529. The summed E-state index contributed by atoms with van der Waals surface area (Å²) >= 11 is 0. The third-order valence-electron chi connectivity index (χ3n) is 7.24. The van der Waals surface area contributed by atoms with Crippen LogP contribution < -0.4 is 10.2 Å². The second kappa shape index (κ2) is 10.00. The second-order valence-corrected chi connectivity index (χ2v) is 10.0. The summed E-state index contributed by atoms with van der Waals surface area (Å²) in [5, 5.41) is 7.45. The van der Waals surface area contributed by atoms with E-state index in [9.17, 15) is 13.6 Å². The number of aromatic nitrogens is 3. The van der Waals surface area contributed by atoms with Gasteiger partial charge in [0.2, 0.25) is 0 Å². The molecule has 0 unspecified atom stereocenters. The summed E-state index contributed by atoms with van der Waals surface area (Å²) in [7, 11) is 3.93. The number of amides is 2. The van der Waals surface area contributed by atoms with Crippen molar-refractivity contribution >= 4 is 17.4 Å². The number of nitrogens with one attached hydrogen (secondary N) is 1. The Bertz CT molecular complexity index is 1690. The van der Waals surface area contributed by atoms with Crippen molar-refractivity contribution in [3.05, 3.63) is 125 Å². The Kier molecular flexibility index (Phi) is 6.34. The zero-order valence-corrected chi connectivity index (χ0v) is 22.3. The van der Waals surface area contributed by atoms with Gasteiger partial charge in [0.25, 0.3) is 0 Å². The van der Waals surface area contributed by atoms with E-state index >= 15 is 0 Å². The number of para-hydroxylation sites is 1. The molecule has 0 bridgehead atoms. The molecular weight excluding hydrogens is 510 g/mol. The highest BCUT2D eigenvalue weighted by molar-refractivity contribution is 5.90. The number of hydrogen-bond acceptors (Lipinski definition) is 3. The number of rotatable bonds is 4. The fourth-order valence-corrected chi connectivity index (χ4v) is 5.24. The van der Waals surface area contributed by atoms with Crippen molar-refractivity contribution in [1.29, 1.82) is 0 Å². The van der Waals surface area contributed by atoms with Crippen LogP contribution in [0.1, 0.15) is 28.6 Å². The van der Waals surface area contributed by atoms with Crippen LogP contribution in [0.15, 0.2) is 91.1 Å². The third-order valence-corrected chi connectivity index (χ3v) is 7.24. The number of hydrogen-bond donors (Lipinski definition) is 1. The van der Waals surface area contributed by atoms with Crippen LogP contribution in [0.4, 0.5) is 25.0 Å². The van der Waals surface area contributed by atoms with Crippen molar-refractivity contribution in [3.63, 3.8) is 0 Å². The van der Waals surface area contributed by atoms with Crippen LogP contribution in [0.2, 0.25) is 0 Å². The first-order chi connectivity index (χ1) is 19.3.